The monoisotopic (exact) mass is 585 g/mol. The van der Waals surface area contributed by atoms with E-state index in [0.717, 1.165) is 10.9 Å². The molecule has 3 rings (SSSR count). The zero-order valence-electron chi connectivity index (χ0n) is 21.7. The molecule has 0 bridgehead atoms. The van der Waals surface area contributed by atoms with E-state index in [1.807, 2.05) is 12.1 Å². The summed E-state index contributed by atoms with van der Waals surface area (Å²) in [5.41, 5.74) is 7.56. The van der Waals surface area contributed by atoms with E-state index in [1.54, 1.807) is 18.3 Å². The Morgan fingerprint density at radius 3 is 2.07 bits per heavy atom. The minimum Gasteiger partial charge on any atom is -0.508 e. The van der Waals surface area contributed by atoms with Gasteiger partial charge in [0.2, 0.25) is 17.7 Å². The predicted octanol–water partition coefficient (Wildman–Crippen LogP) is -0.0705. The normalized spacial score (nSPS) is 13.9. The van der Waals surface area contributed by atoms with E-state index in [1.165, 1.54) is 24.3 Å². The number of amides is 3. The van der Waals surface area contributed by atoms with Gasteiger partial charge >= 0.3 is 11.9 Å². The lowest BCUT2D eigenvalue weighted by molar-refractivity contribution is -0.143. The molecule has 14 heteroatoms. The first-order valence-electron chi connectivity index (χ1n) is 12.5. The maximum Gasteiger partial charge on any atom is 0.326 e. The van der Waals surface area contributed by atoms with Crippen LogP contribution in [-0.4, -0.2) is 79.9 Å². The first-order valence-corrected chi connectivity index (χ1v) is 13.2. The minimum absolute atomic E-state index is 0.00972. The van der Waals surface area contributed by atoms with Gasteiger partial charge in [0.1, 0.15) is 23.9 Å². The van der Waals surface area contributed by atoms with E-state index in [4.69, 9.17) is 5.73 Å². The summed E-state index contributed by atoms with van der Waals surface area (Å²) in [6.07, 6.45) is 0.646. The molecular weight excluding hydrogens is 554 g/mol. The fourth-order valence-electron chi connectivity index (χ4n) is 4.09. The van der Waals surface area contributed by atoms with E-state index in [-0.39, 0.29) is 24.3 Å². The number of carbonyl (C=O) groups excluding carboxylic acids is 3. The molecule has 3 amide bonds. The molecule has 0 saturated heterocycles. The molecule has 4 unspecified atom stereocenters. The molecule has 218 valence electrons. The summed E-state index contributed by atoms with van der Waals surface area (Å²) in [5.74, 6) is -5.41. The van der Waals surface area contributed by atoms with Gasteiger partial charge in [-0.15, -0.1) is 0 Å². The van der Waals surface area contributed by atoms with Gasteiger partial charge in [0.25, 0.3) is 0 Å². The lowest BCUT2D eigenvalue weighted by atomic mass is 10.0. The fraction of sp³-hybridized carbons (Fsp3) is 0.296. The summed E-state index contributed by atoms with van der Waals surface area (Å²) in [5, 5.41) is 36.5. The summed E-state index contributed by atoms with van der Waals surface area (Å²) in [4.78, 5) is 65.4. The van der Waals surface area contributed by atoms with Crippen LogP contribution in [0.25, 0.3) is 10.9 Å². The summed E-state index contributed by atoms with van der Waals surface area (Å²) < 4.78 is 0. The molecule has 41 heavy (non-hydrogen) atoms. The molecule has 0 radical (unpaired) electrons. The van der Waals surface area contributed by atoms with Crippen molar-refractivity contribution in [1.82, 2.24) is 20.9 Å². The molecular formula is C27H31N5O8S. The Balaban J connectivity index is 1.87. The zero-order valence-corrected chi connectivity index (χ0v) is 22.6. The molecule has 1 heterocycles. The standard InChI is InChI=1S/C27H31N5O8S/c28-18(13-41)24(36)30-21(11-23(34)35)26(38)31-20(10-15-12-29-19-4-2-1-3-17(15)19)25(37)32-22(27(39)40)9-14-5-7-16(33)8-6-14/h1-8,12,18,20-22,29,33,41H,9-11,13,28H2,(H,30,36)(H,31,38)(H,32,37)(H,34,35)(H,39,40). The number of para-hydroxylation sites is 1. The van der Waals surface area contributed by atoms with Crippen LogP contribution in [0.3, 0.4) is 0 Å². The molecule has 3 aromatic rings. The van der Waals surface area contributed by atoms with Crippen LogP contribution < -0.4 is 21.7 Å². The molecule has 0 aliphatic carbocycles. The highest BCUT2D eigenvalue weighted by Gasteiger charge is 2.32. The van der Waals surface area contributed by atoms with Crippen molar-refractivity contribution in [1.29, 1.82) is 0 Å². The summed E-state index contributed by atoms with van der Waals surface area (Å²) >= 11 is 3.93. The second kappa shape index (κ2) is 14.2. The van der Waals surface area contributed by atoms with Crippen LogP contribution in [0.4, 0.5) is 0 Å². The molecule has 0 aliphatic heterocycles. The third kappa shape index (κ3) is 8.71. The highest BCUT2D eigenvalue weighted by molar-refractivity contribution is 7.80. The number of rotatable bonds is 14. The Morgan fingerprint density at radius 1 is 0.829 bits per heavy atom. The number of thiol groups is 1. The number of hydrogen-bond acceptors (Lipinski definition) is 8. The van der Waals surface area contributed by atoms with Crippen molar-refractivity contribution in [3.05, 3.63) is 65.9 Å². The first-order chi connectivity index (χ1) is 19.5. The Kier molecular flexibility index (Phi) is 10.7. The number of phenolic OH excluding ortho intramolecular Hbond substituents is 1. The summed E-state index contributed by atoms with van der Waals surface area (Å²) in [6.45, 7) is 0. The van der Waals surface area contributed by atoms with Gasteiger partial charge in [-0.2, -0.15) is 12.6 Å². The summed E-state index contributed by atoms with van der Waals surface area (Å²) in [7, 11) is 0. The SMILES string of the molecule is NC(CS)C(=O)NC(CC(=O)O)C(=O)NC(Cc1c[nH]c2ccccc12)C(=O)NC(Cc1ccc(O)cc1)C(=O)O. The second-order valence-electron chi connectivity index (χ2n) is 9.34. The highest BCUT2D eigenvalue weighted by Crippen LogP contribution is 2.19. The number of hydrogen-bond donors (Lipinski definition) is 9. The van der Waals surface area contributed by atoms with Gasteiger partial charge in [-0.05, 0) is 29.3 Å². The van der Waals surface area contributed by atoms with E-state index >= 15 is 0 Å². The molecule has 4 atom stereocenters. The van der Waals surface area contributed by atoms with Crippen molar-refractivity contribution < 1.29 is 39.3 Å². The van der Waals surface area contributed by atoms with Crippen LogP contribution in [0.5, 0.6) is 5.75 Å². The maximum absolute atomic E-state index is 13.4. The van der Waals surface area contributed by atoms with E-state index < -0.39 is 60.2 Å². The highest BCUT2D eigenvalue weighted by atomic mass is 32.1. The number of nitrogens with one attached hydrogen (secondary N) is 4. The van der Waals surface area contributed by atoms with Crippen LogP contribution >= 0.6 is 12.6 Å². The summed E-state index contributed by atoms with van der Waals surface area (Å²) in [6, 6.07) is 7.57. The Labute approximate surface area is 239 Å². The van der Waals surface area contributed by atoms with Crippen LogP contribution in [0.1, 0.15) is 17.5 Å². The molecule has 0 saturated carbocycles. The van der Waals surface area contributed by atoms with E-state index in [2.05, 4.69) is 33.6 Å². The van der Waals surface area contributed by atoms with Crippen molar-refractivity contribution in [2.45, 2.75) is 43.4 Å². The third-order valence-corrected chi connectivity index (χ3v) is 6.66. The van der Waals surface area contributed by atoms with Crippen molar-refractivity contribution in [2.75, 3.05) is 5.75 Å². The van der Waals surface area contributed by atoms with Crippen molar-refractivity contribution in [3.8, 4) is 5.75 Å². The number of carbonyl (C=O) groups is 5. The maximum atomic E-state index is 13.4. The number of phenols is 1. The Hall–Kier alpha value is -4.56. The molecule has 0 spiro atoms. The van der Waals surface area contributed by atoms with Crippen molar-refractivity contribution in [3.63, 3.8) is 0 Å². The number of aromatic nitrogens is 1. The number of aromatic hydroxyl groups is 1. The number of benzene rings is 2. The van der Waals surface area contributed by atoms with Gasteiger partial charge in [-0.1, -0.05) is 30.3 Å². The van der Waals surface area contributed by atoms with Crippen LogP contribution in [0, 0.1) is 0 Å². The number of fused-ring (bicyclic) bond motifs is 1. The first kappa shape index (κ1) is 31.0. The quantitative estimate of drug-likeness (QED) is 0.115. The predicted molar refractivity (Wildman–Crippen MR) is 151 cm³/mol. The van der Waals surface area contributed by atoms with Gasteiger partial charge in [0.05, 0.1) is 12.5 Å². The number of carboxylic acid groups (broad SMARTS) is 2. The molecule has 0 aliphatic rings. The average Bonchev–Trinajstić information content (AvgIpc) is 3.34. The average molecular weight is 586 g/mol. The number of aromatic amines is 1. The van der Waals surface area contributed by atoms with E-state index in [9.17, 15) is 39.3 Å². The third-order valence-electron chi connectivity index (χ3n) is 6.27. The minimum atomic E-state index is -1.57. The van der Waals surface area contributed by atoms with Crippen LogP contribution in [-0.2, 0) is 36.8 Å². The topological polar surface area (TPSA) is 224 Å². The molecule has 13 nitrogen and oxygen atoms in total. The van der Waals surface area contributed by atoms with Gasteiger partial charge in [-0.3, -0.25) is 19.2 Å². The lowest BCUT2D eigenvalue weighted by Crippen LogP contribution is -2.58. The number of carboxylic acids is 2. The lowest BCUT2D eigenvalue weighted by Gasteiger charge is -2.24. The molecule has 0 fully saturated rings. The van der Waals surface area contributed by atoms with Gasteiger partial charge < -0.3 is 42.0 Å². The van der Waals surface area contributed by atoms with E-state index in [0.29, 0.717) is 11.1 Å². The smallest absolute Gasteiger partial charge is 0.326 e. The molecule has 2 aromatic carbocycles. The van der Waals surface area contributed by atoms with Gasteiger partial charge in [0.15, 0.2) is 0 Å². The van der Waals surface area contributed by atoms with Crippen LogP contribution in [0.15, 0.2) is 54.7 Å². The molecule has 1 aromatic heterocycles. The number of aliphatic carboxylic acids is 2. The van der Waals surface area contributed by atoms with Gasteiger partial charge in [0, 0.05) is 35.7 Å². The van der Waals surface area contributed by atoms with Gasteiger partial charge in [-0.25, -0.2) is 4.79 Å². The fourth-order valence-corrected chi connectivity index (χ4v) is 4.25. The molecule has 9 N–H and O–H groups in total. The zero-order chi connectivity index (χ0) is 30.1. The Bertz CT molecular complexity index is 1410. The van der Waals surface area contributed by atoms with Crippen LogP contribution in [0.2, 0.25) is 0 Å². The number of nitrogens with two attached hydrogens (primary N) is 1. The number of H-pyrrole nitrogens is 1. The largest absolute Gasteiger partial charge is 0.508 e. The Morgan fingerprint density at radius 2 is 1.44 bits per heavy atom. The van der Waals surface area contributed by atoms with Crippen molar-refractivity contribution >= 4 is 53.2 Å². The van der Waals surface area contributed by atoms with Crippen molar-refractivity contribution in [2.24, 2.45) is 5.73 Å². The second-order valence-corrected chi connectivity index (χ2v) is 9.71.